The highest BCUT2D eigenvalue weighted by atomic mass is 35.5. The first-order chi connectivity index (χ1) is 12.8. The van der Waals surface area contributed by atoms with Crippen molar-refractivity contribution in [2.75, 3.05) is 38.6 Å². The fraction of sp³-hybridized carbons (Fsp3) is 0.333. The number of anilines is 1. The van der Waals surface area contributed by atoms with Gasteiger partial charge in [0.05, 0.1) is 20.7 Å². The predicted octanol–water partition coefficient (Wildman–Crippen LogP) is 5.70. The van der Waals surface area contributed by atoms with E-state index in [-0.39, 0.29) is 21.4 Å². The number of hydrogen-bond acceptors (Lipinski definition) is 6. The monoisotopic (exact) mass is 409 g/mol. The molecule has 0 unspecified atom stereocenters. The van der Waals surface area contributed by atoms with Gasteiger partial charge in [-0.25, -0.2) is 0 Å². The second-order valence-corrected chi connectivity index (χ2v) is 6.93. The fourth-order valence-electron chi connectivity index (χ4n) is 2.38. The summed E-state index contributed by atoms with van der Waals surface area (Å²) in [5, 5.41) is 19.2. The van der Waals surface area contributed by atoms with Gasteiger partial charge < -0.3 is 9.80 Å². The molecule has 2 aromatic carbocycles. The molecule has 2 aromatic rings. The lowest BCUT2D eigenvalue weighted by Gasteiger charge is -2.24. The molecule has 0 fully saturated rings. The van der Waals surface area contributed by atoms with Crippen LogP contribution in [0.5, 0.6) is 0 Å². The Hall–Kier alpha value is -2.22. The summed E-state index contributed by atoms with van der Waals surface area (Å²) in [7, 11) is 4.09. The molecule has 0 atom stereocenters. The molecule has 2 rings (SSSR count). The van der Waals surface area contributed by atoms with Gasteiger partial charge in [-0.15, -0.1) is 5.11 Å². The average molecular weight is 410 g/mol. The molecule has 0 N–H and O–H groups in total. The van der Waals surface area contributed by atoms with Gasteiger partial charge in [0.25, 0.3) is 5.69 Å². The minimum absolute atomic E-state index is 0.0791. The Kier molecular flexibility index (Phi) is 7.53. The van der Waals surface area contributed by atoms with Crippen molar-refractivity contribution in [3.8, 4) is 0 Å². The van der Waals surface area contributed by atoms with Crippen LogP contribution in [0.1, 0.15) is 6.92 Å². The zero-order chi connectivity index (χ0) is 20.0. The summed E-state index contributed by atoms with van der Waals surface area (Å²) in [6, 6.07) is 10.1. The first-order valence-corrected chi connectivity index (χ1v) is 9.12. The fourth-order valence-corrected chi connectivity index (χ4v) is 2.93. The maximum absolute atomic E-state index is 10.8. The largest absolute Gasteiger partial charge is 0.371 e. The summed E-state index contributed by atoms with van der Waals surface area (Å²) in [4.78, 5) is 14.7. The molecule has 144 valence electrons. The zero-order valence-electron chi connectivity index (χ0n) is 15.4. The van der Waals surface area contributed by atoms with Crippen LogP contribution in [0.2, 0.25) is 10.0 Å². The molecule has 0 bridgehead atoms. The average Bonchev–Trinajstić information content (AvgIpc) is 2.62. The van der Waals surface area contributed by atoms with E-state index in [1.807, 2.05) is 38.4 Å². The highest BCUT2D eigenvalue weighted by molar-refractivity contribution is 6.39. The molecule has 0 amide bonds. The van der Waals surface area contributed by atoms with Crippen molar-refractivity contribution < 1.29 is 4.92 Å². The number of likely N-dealkylation sites (N-methyl/N-ethyl adjacent to an activating group) is 2. The summed E-state index contributed by atoms with van der Waals surface area (Å²) in [6.07, 6.45) is 0. The summed E-state index contributed by atoms with van der Waals surface area (Å²) < 4.78 is 0. The lowest BCUT2D eigenvalue weighted by atomic mass is 10.2. The molecule has 0 spiro atoms. The normalized spacial score (nSPS) is 11.3. The molecule has 0 saturated heterocycles. The van der Waals surface area contributed by atoms with Crippen molar-refractivity contribution in [2.24, 2.45) is 10.2 Å². The zero-order valence-corrected chi connectivity index (χ0v) is 16.9. The second-order valence-electron chi connectivity index (χ2n) is 6.11. The van der Waals surface area contributed by atoms with Gasteiger partial charge in [0.15, 0.2) is 0 Å². The van der Waals surface area contributed by atoms with Crippen LogP contribution >= 0.6 is 23.2 Å². The Morgan fingerprint density at radius 2 is 1.63 bits per heavy atom. The molecule has 27 heavy (non-hydrogen) atoms. The van der Waals surface area contributed by atoms with Crippen LogP contribution in [0.25, 0.3) is 0 Å². The van der Waals surface area contributed by atoms with Crippen molar-refractivity contribution in [1.82, 2.24) is 4.90 Å². The standard InChI is InChI=1S/C18H21Cl2N5O2/c1-4-24(10-9-23(2)3)14-7-5-13(6-8-14)21-22-18-16(19)11-15(25(26)27)12-17(18)20/h5-8,11-12H,4,9-10H2,1-3H3. The van der Waals surface area contributed by atoms with Gasteiger partial charge >= 0.3 is 0 Å². The van der Waals surface area contributed by atoms with E-state index in [1.54, 1.807) is 0 Å². The van der Waals surface area contributed by atoms with E-state index in [0.29, 0.717) is 5.69 Å². The van der Waals surface area contributed by atoms with E-state index in [4.69, 9.17) is 23.2 Å². The minimum atomic E-state index is -0.562. The molecule has 7 nitrogen and oxygen atoms in total. The van der Waals surface area contributed by atoms with Gasteiger partial charge in [0, 0.05) is 37.5 Å². The summed E-state index contributed by atoms with van der Waals surface area (Å²) in [5.74, 6) is 0. The van der Waals surface area contributed by atoms with Crippen LogP contribution in [0.4, 0.5) is 22.7 Å². The molecule has 0 aliphatic heterocycles. The molecule has 0 heterocycles. The van der Waals surface area contributed by atoms with Gasteiger partial charge in [0.1, 0.15) is 5.69 Å². The van der Waals surface area contributed by atoms with Crippen LogP contribution in [-0.4, -0.2) is 43.6 Å². The van der Waals surface area contributed by atoms with Crippen molar-refractivity contribution in [3.63, 3.8) is 0 Å². The number of hydrogen-bond donors (Lipinski definition) is 0. The van der Waals surface area contributed by atoms with Gasteiger partial charge in [-0.05, 0) is 45.3 Å². The van der Waals surface area contributed by atoms with Crippen molar-refractivity contribution >= 4 is 46.0 Å². The Bertz CT molecular complexity index is 802. The number of nitrogens with zero attached hydrogens (tertiary/aromatic N) is 5. The molecule has 0 radical (unpaired) electrons. The molecular formula is C18H21Cl2N5O2. The lowest BCUT2D eigenvalue weighted by molar-refractivity contribution is -0.384. The Morgan fingerprint density at radius 3 is 2.11 bits per heavy atom. The smallest absolute Gasteiger partial charge is 0.272 e. The molecule has 0 aromatic heterocycles. The van der Waals surface area contributed by atoms with Crippen molar-refractivity contribution in [3.05, 3.63) is 56.6 Å². The molecule has 0 saturated carbocycles. The second kappa shape index (κ2) is 9.64. The van der Waals surface area contributed by atoms with Gasteiger partial charge in [-0.2, -0.15) is 5.11 Å². The number of non-ortho nitro benzene ring substituents is 1. The Balaban J connectivity index is 2.15. The lowest BCUT2D eigenvalue weighted by Crippen LogP contribution is -2.31. The van der Waals surface area contributed by atoms with E-state index >= 15 is 0 Å². The number of rotatable bonds is 8. The van der Waals surface area contributed by atoms with E-state index in [9.17, 15) is 10.1 Å². The topological polar surface area (TPSA) is 74.3 Å². The molecule has 0 aliphatic rings. The summed E-state index contributed by atoms with van der Waals surface area (Å²) in [6.45, 7) is 4.91. The highest BCUT2D eigenvalue weighted by Crippen LogP contribution is 2.37. The predicted molar refractivity (Wildman–Crippen MR) is 110 cm³/mol. The third-order valence-corrected chi connectivity index (χ3v) is 4.47. The van der Waals surface area contributed by atoms with E-state index in [0.717, 1.165) is 25.3 Å². The van der Waals surface area contributed by atoms with Gasteiger partial charge in [-0.3, -0.25) is 10.1 Å². The molecule has 0 aliphatic carbocycles. The Labute approximate surface area is 168 Å². The highest BCUT2D eigenvalue weighted by Gasteiger charge is 2.14. The van der Waals surface area contributed by atoms with Crippen LogP contribution in [0.3, 0.4) is 0 Å². The van der Waals surface area contributed by atoms with Crippen LogP contribution in [0.15, 0.2) is 46.6 Å². The first kappa shape index (κ1) is 21.1. The Morgan fingerprint density at radius 1 is 1.04 bits per heavy atom. The van der Waals surface area contributed by atoms with Crippen LogP contribution in [-0.2, 0) is 0 Å². The molecular weight excluding hydrogens is 389 g/mol. The van der Waals surface area contributed by atoms with Crippen LogP contribution in [0, 0.1) is 10.1 Å². The van der Waals surface area contributed by atoms with Gasteiger partial charge in [-0.1, -0.05) is 23.2 Å². The third-order valence-electron chi connectivity index (χ3n) is 3.89. The van der Waals surface area contributed by atoms with Gasteiger partial charge in [0.2, 0.25) is 0 Å². The SMILES string of the molecule is CCN(CCN(C)C)c1ccc(N=Nc2c(Cl)cc([N+](=O)[O-])cc2Cl)cc1. The van der Waals surface area contributed by atoms with E-state index in [1.165, 1.54) is 12.1 Å². The molecule has 9 heteroatoms. The maximum atomic E-state index is 10.8. The third kappa shape index (κ3) is 5.89. The van der Waals surface area contributed by atoms with Crippen LogP contribution < -0.4 is 4.90 Å². The summed E-state index contributed by atoms with van der Waals surface area (Å²) in [5.41, 5.74) is 1.75. The van der Waals surface area contributed by atoms with Crippen molar-refractivity contribution in [1.29, 1.82) is 0 Å². The summed E-state index contributed by atoms with van der Waals surface area (Å²) >= 11 is 12.1. The van der Waals surface area contributed by atoms with E-state index in [2.05, 4.69) is 27.0 Å². The van der Waals surface area contributed by atoms with Crippen molar-refractivity contribution in [2.45, 2.75) is 6.92 Å². The first-order valence-electron chi connectivity index (χ1n) is 8.36. The number of azo groups is 1. The van der Waals surface area contributed by atoms with E-state index < -0.39 is 4.92 Å². The number of benzene rings is 2. The minimum Gasteiger partial charge on any atom is -0.371 e. The maximum Gasteiger partial charge on any atom is 0.272 e. The number of halogens is 2. The number of nitro benzene ring substituents is 1. The quantitative estimate of drug-likeness (QED) is 0.318. The number of nitro groups is 1.